The zero-order valence-corrected chi connectivity index (χ0v) is 47.5. The Kier molecular flexibility index (Phi) is 23.9. The van der Waals surface area contributed by atoms with Crippen LogP contribution in [0.15, 0.2) is 65.8 Å². The first kappa shape index (κ1) is 63.8. The number of aliphatic imine (C=N–C) groups is 1. The van der Waals surface area contributed by atoms with E-state index in [4.69, 9.17) is 16.9 Å². The molecule has 11 amide bonds. The Morgan fingerprint density at radius 1 is 0.735 bits per heavy atom. The van der Waals surface area contributed by atoms with Gasteiger partial charge in [0.1, 0.15) is 54.4 Å². The summed E-state index contributed by atoms with van der Waals surface area (Å²) in [7, 11) is 1.85. The first-order valence-corrected chi connectivity index (χ1v) is 29.6. The fourth-order valence-corrected chi connectivity index (χ4v) is 11.7. The van der Waals surface area contributed by atoms with Gasteiger partial charge in [-0.1, -0.05) is 89.9 Å². The number of hydrogen-bond donors (Lipinski definition) is 15. The van der Waals surface area contributed by atoms with E-state index in [0.717, 1.165) is 38.4 Å². The lowest BCUT2D eigenvalue weighted by atomic mass is 10.0. The maximum absolute atomic E-state index is 14.8. The van der Waals surface area contributed by atoms with Crippen molar-refractivity contribution in [2.24, 2.45) is 16.5 Å². The van der Waals surface area contributed by atoms with Gasteiger partial charge in [-0.05, 0) is 56.2 Å². The molecule has 3 aliphatic rings. The van der Waals surface area contributed by atoms with Crippen LogP contribution in [0, 0.1) is 5.41 Å². The number of nitrogens with zero attached hydrogens (tertiary/aromatic N) is 2. The molecule has 83 heavy (non-hydrogen) atoms. The molecule has 0 saturated carbocycles. The number of aliphatic carboxylic acids is 1. The highest BCUT2D eigenvalue weighted by molar-refractivity contribution is 8.76. The highest BCUT2D eigenvalue weighted by Gasteiger charge is 2.44. The van der Waals surface area contributed by atoms with Crippen LogP contribution in [0.2, 0.25) is 0 Å². The van der Waals surface area contributed by atoms with Crippen molar-refractivity contribution in [1.82, 2.24) is 63.1 Å². The van der Waals surface area contributed by atoms with E-state index < -0.39 is 138 Å². The lowest BCUT2D eigenvalue weighted by Crippen LogP contribution is -2.61. The van der Waals surface area contributed by atoms with Crippen molar-refractivity contribution in [1.29, 1.82) is 5.41 Å². The van der Waals surface area contributed by atoms with Crippen molar-refractivity contribution in [2.45, 2.75) is 138 Å². The van der Waals surface area contributed by atoms with E-state index in [-0.39, 0.29) is 62.7 Å². The van der Waals surface area contributed by atoms with E-state index in [0.29, 0.717) is 29.4 Å². The molecule has 1 unspecified atom stereocenters. The molecule has 30 heteroatoms. The highest BCUT2D eigenvalue weighted by atomic mass is 33.1. The average Bonchev–Trinajstić information content (AvgIpc) is 4.23. The normalized spacial score (nSPS) is 24.7. The van der Waals surface area contributed by atoms with Gasteiger partial charge in [-0.25, -0.2) is 4.79 Å². The first-order valence-electron chi connectivity index (χ1n) is 27.2. The minimum atomic E-state index is -1.69. The molecule has 28 nitrogen and oxygen atoms in total. The van der Waals surface area contributed by atoms with Crippen molar-refractivity contribution < 1.29 is 57.8 Å². The lowest BCUT2D eigenvalue weighted by molar-refractivity contribution is -0.139. The van der Waals surface area contributed by atoms with Gasteiger partial charge in [0.2, 0.25) is 47.3 Å². The fourth-order valence-electron chi connectivity index (χ4n) is 9.35. The van der Waals surface area contributed by atoms with Crippen LogP contribution < -0.4 is 64.6 Å². The van der Waals surface area contributed by atoms with Crippen LogP contribution in [-0.2, 0) is 60.8 Å². The molecule has 0 spiro atoms. The van der Waals surface area contributed by atoms with Crippen LogP contribution in [0.4, 0.5) is 4.79 Å². The van der Waals surface area contributed by atoms with Gasteiger partial charge in [0, 0.05) is 60.5 Å². The Balaban J connectivity index is 1.39. The Hall–Kier alpha value is -8.41. The summed E-state index contributed by atoms with van der Waals surface area (Å²) in [5.41, 5.74) is 13.3. The van der Waals surface area contributed by atoms with E-state index in [9.17, 15) is 57.8 Å². The molecule has 17 N–H and O–H groups in total. The lowest BCUT2D eigenvalue weighted by Gasteiger charge is -2.29. The van der Waals surface area contributed by atoms with E-state index in [2.05, 4.69) is 63.1 Å². The molecule has 0 aliphatic carbocycles. The van der Waals surface area contributed by atoms with Gasteiger partial charge in [0.25, 0.3) is 5.91 Å². The van der Waals surface area contributed by atoms with Crippen LogP contribution in [0.1, 0.15) is 76.3 Å². The molecule has 0 bridgehead atoms. The molecule has 4 heterocycles. The first-order chi connectivity index (χ1) is 39.7. The third kappa shape index (κ3) is 18.8. The van der Waals surface area contributed by atoms with E-state index in [1.54, 1.807) is 54.7 Å². The number of aromatic amines is 1. The standard InChI is InChI=1S/C53H72N16O12S2/c1-3-4-14-36-51(80)69(53(81)68-36)28(2)44(73)67-41-26-83-82-25-40(43(54)72)66-48(77)38(21-30-23-59-33-15-9-8-13-32(30)33)64-45(74)34(16-10-19-58-52(55)56)61-47(76)37(20-29-11-6-5-7-12-29)63-49(78)39(22-31-24-57-27-60-31)65-46(75)35(62-50(41)79)17-18-42(70)71/h5-9,11-13,15,23,27-28,31,34-41,59H,3-4,10,14,16-22,24-26H2,1-2H3,(H2,54,72)(H,57,60)(H,61,76)(H,62,79)(H,63,78)(H,64,74)(H,65,75)(H,66,77)(H,67,73)(H,68,81)(H,70,71)(H4,55,56,58)/t28-,31?,34-,35-,36-,37+,38-,39-,40-,41-/m0/s1. The number of carbonyl (C=O) groups excluding carboxylic acids is 10. The molecule has 0 radical (unpaired) electrons. The number of fused-ring (bicyclic) bond motifs is 1. The summed E-state index contributed by atoms with van der Waals surface area (Å²) in [5, 5.41) is 44.9. The number of rotatable bonds is 20. The Bertz CT molecular complexity index is 2890. The number of carboxylic acid groups (broad SMARTS) is 1. The van der Waals surface area contributed by atoms with E-state index >= 15 is 0 Å². The number of carbonyl (C=O) groups is 11. The number of nitrogens with two attached hydrogens (primary N) is 2. The van der Waals surface area contributed by atoms with Crippen LogP contribution >= 0.6 is 21.6 Å². The number of benzene rings is 2. The van der Waals surface area contributed by atoms with Crippen molar-refractivity contribution in [3.05, 3.63) is 71.9 Å². The number of guanidine groups is 1. The summed E-state index contributed by atoms with van der Waals surface area (Å²) < 4.78 is 0. The molecule has 3 aliphatic heterocycles. The Labute approximate surface area is 485 Å². The van der Waals surface area contributed by atoms with Gasteiger partial charge in [0.15, 0.2) is 5.96 Å². The molecular weight excluding hydrogens is 1120 g/mol. The number of imide groups is 1. The topological polar surface area (TPSA) is 436 Å². The van der Waals surface area contributed by atoms with E-state index in [1.165, 1.54) is 13.3 Å². The average molecular weight is 1190 g/mol. The summed E-state index contributed by atoms with van der Waals surface area (Å²) in [6.07, 6.45) is 3.12. The Morgan fingerprint density at radius 3 is 2.01 bits per heavy atom. The van der Waals surface area contributed by atoms with E-state index in [1.807, 2.05) is 13.0 Å². The SMILES string of the molecule is CCCC[C@@H]1NC(=O)N([C@@H](C)C(=O)N[C@H]2CSSC[C@@H](C(N)=O)NC(=O)[C@H](Cc3c[nH]c4ccccc34)NC(=O)[C@H](CCCNC(=N)N)NC(=O)[C@@H](Cc3ccccc3)NC(=O)[C@H](CC3CN=CN3)NC(=O)[C@H](CCC(=O)O)NC2=O)C1=O. The van der Waals surface area contributed by atoms with Gasteiger partial charge in [-0.2, -0.15) is 0 Å². The number of aromatic nitrogens is 1. The van der Waals surface area contributed by atoms with Crippen molar-refractivity contribution >= 4 is 110 Å². The number of urea groups is 1. The summed E-state index contributed by atoms with van der Waals surface area (Å²) in [6, 6.07) is 1.53. The maximum Gasteiger partial charge on any atom is 0.325 e. The largest absolute Gasteiger partial charge is 0.481 e. The Morgan fingerprint density at radius 2 is 1.34 bits per heavy atom. The van der Waals surface area contributed by atoms with Gasteiger partial charge in [0.05, 0.1) is 12.9 Å². The number of hydrogen-bond acceptors (Lipinski definition) is 16. The van der Waals surface area contributed by atoms with Gasteiger partial charge in [-0.15, -0.1) is 0 Å². The number of H-pyrrole nitrogens is 1. The molecule has 2 fully saturated rings. The van der Waals surface area contributed by atoms with Crippen molar-refractivity contribution in [2.75, 3.05) is 24.6 Å². The molecule has 10 atom stereocenters. The minimum absolute atomic E-state index is 0.0900. The third-order valence-electron chi connectivity index (χ3n) is 13.9. The van der Waals surface area contributed by atoms with Gasteiger partial charge in [-0.3, -0.25) is 63.2 Å². The molecule has 3 aromatic rings. The maximum atomic E-state index is 14.8. The molecule has 6 rings (SSSR count). The summed E-state index contributed by atoms with van der Waals surface area (Å²) >= 11 is 0. The monoisotopic (exact) mass is 1190 g/mol. The van der Waals surface area contributed by atoms with Crippen LogP contribution in [0.3, 0.4) is 0 Å². The molecular formula is C53H72N16O12S2. The number of carboxylic acids is 1. The predicted molar refractivity (Wildman–Crippen MR) is 309 cm³/mol. The molecule has 2 saturated heterocycles. The number of para-hydroxylation sites is 1. The predicted octanol–water partition coefficient (Wildman–Crippen LogP) is -1.76. The smallest absolute Gasteiger partial charge is 0.325 e. The van der Waals surface area contributed by atoms with Crippen LogP contribution in [0.5, 0.6) is 0 Å². The summed E-state index contributed by atoms with van der Waals surface area (Å²) in [6.45, 7) is 3.44. The van der Waals surface area contributed by atoms with Crippen molar-refractivity contribution in [3.8, 4) is 0 Å². The minimum Gasteiger partial charge on any atom is -0.481 e. The fraction of sp³-hybridized carbons (Fsp3) is 0.491. The van der Waals surface area contributed by atoms with Crippen LogP contribution in [0.25, 0.3) is 10.9 Å². The number of amides is 11. The van der Waals surface area contributed by atoms with Gasteiger partial charge < -0.3 is 74.7 Å². The quantitative estimate of drug-likeness (QED) is 0.0196. The molecule has 2 aromatic carbocycles. The summed E-state index contributed by atoms with van der Waals surface area (Å²) in [5.74, 6) is -10.4. The van der Waals surface area contributed by atoms with Gasteiger partial charge >= 0.3 is 12.0 Å². The van der Waals surface area contributed by atoms with Crippen LogP contribution in [-0.4, -0.2) is 177 Å². The second-order valence-electron chi connectivity index (χ2n) is 20.2. The molecule has 1 aromatic heterocycles. The number of primary amides is 1. The number of unbranched alkanes of at least 4 members (excludes halogenated alkanes) is 1. The zero-order chi connectivity index (χ0) is 60.2. The van der Waals surface area contributed by atoms with Crippen molar-refractivity contribution in [3.63, 3.8) is 0 Å². The second-order valence-corrected chi connectivity index (χ2v) is 22.7. The third-order valence-corrected chi connectivity index (χ3v) is 16.4. The highest BCUT2D eigenvalue weighted by Crippen LogP contribution is 2.25. The number of nitrogens with one attached hydrogen (secondary N) is 12. The zero-order valence-electron chi connectivity index (χ0n) is 45.8. The molecule has 448 valence electrons. The summed E-state index contributed by atoms with van der Waals surface area (Å²) in [4.78, 5) is 161. The second kappa shape index (κ2) is 31.1.